The second-order valence-electron chi connectivity index (χ2n) is 6.64. The molecular formula is C15H27NS. The van der Waals surface area contributed by atoms with Crippen LogP contribution in [0.2, 0.25) is 0 Å². The Morgan fingerprint density at radius 1 is 1.00 bits per heavy atom. The summed E-state index contributed by atoms with van der Waals surface area (Å²) < 4.78 is 0.617. The van der Waals surface area contributed by atoms with Crippen molar-refractivity contribution in [2.75, 3.05) is 12.8 Å². The molecule has 0 amide bonds. The zero-order chi connectivity index (χ0) is 11.8. The maximum atomic E-state index is 3.95. The van der Waals surface area contributed by atoms with Crippen molar-refractivity contribution >= 4 is 11.8 Å². The second kappa shape index (κ2) is 4.77. The van der Waals surface area contributed by atoms with E-state index in [2.05, 4.69) is 23.3 Å². The van der Waals surface area contributed by atoms with E-state index in [9.17, 15) is 0 Å². The Bertz CT molecular complexity index is 261. The number of hydrogen-bond donors (Lipinski definition) is 1. The summed E-state index contributed by atoms with van der Waals surface area (Å²) in [5, 5.41) is 3.95. The van der Waals surface area contributed by atoms with Gasteiger partial charge in [-0.3, -0.25) is 0 Å². The Balaban J connectivity index is 1.52. The van der Waals surface area contributed by atoms with Crippen molar-refractivity contribution in [2.24, 2.45) is 5.41 Å². The van der Waals surface area contributed by atoms with Crippen molar-refractivity contribution in [3.05, 3.63) is 0 Å². The Hall–Kier alpha value is 0.310. The van der Waals surface area contributed by atoms with E-state index in [4.69, 9.17) is 0 Å². The fourth-order valence-electron chi connectivity index (χ4n) is 4.20. The Kier molecular flexibility index (Phi) is 3.47. The van der Waals surface area contributed by atoms with Crippen LogP contribution in [0.5, 0.6) is 0 Å². The summed E-state index contributed by atoms with van der Waals surface area (Å²) in [5.74, 6) is 0. The van der Waals surface area contributed by atoms with Crippen molar-refractivity contribution in [2.45, 2.75) is 75.0 Å². The third-order valence-electron chi connectivity index (χ3n) is 5.89. The largest absolute Gasteiger partial charge is 0.312 e. The third kappa shape index (κ3) is 2.16. The van der Waals surface area contributed by atoms with Crippen molar-refractivity contribution in [1.29, 1.82) is 0 Å². The molecule has 0 aromatic rings. The molecule has 0 heterocycles. The molecule has 0 bridgehead atoms. The lowest BCUT2D eigenvalue weighted by atomic mass is 9.57. The van der Waals surface area contributed by atoms with E-state index in [0.29, 0.717) is 4.75 Å². The van der Waals surface area contributed by atoms with E-state index in [0.717, 1.165) is 11.5 Å². The predicted molar refractivity (Wildman–Crippen MR) is 76.6 cm³/mol. The van der Waals surface area contributed by atoms with Crippen LogP contribution in [-0.4, -0.2) is 23.6 Å². The molecule has 0 aromatic heterocycles. The average Bonchev–Trinajstić information content (AvgIpc) is 2.32. The molecule has 1 nitrogen and oxygen atoms in total. The molecule has 3 aliphatic rings. The first-order chi connectivity index (χ1) is 8.29. The van der Waals surface area contributed by atoms with E-state index in [1.807, 2.05) is 0 Å². The van der Waals surface area contributed by atoms with Crippen LogP contribution in [0.25, 0.3) is 0 Å². The first kappa shape index (κ1) is 12.3. The minimum absolute atomic E-state index is 0.617. The van der Waals surface area contributed by atoms with Crippen LogP contribution < -0.4 is 5.32 Å². The minimum Gasteiger partial charge on any atom is -0.312 e. The van der Waals surface area contributed by atoms with Gasteiger partial charge in [0.05, 0.1) is 0 Å². The van der Waals surface area contributed by atoms with Gasteiger partial charge in [0.1, 0.15) is 0 Å². The molecule has 1 N–H and O–H groups in total. The normalized spacial score (nSPS) is 34.1. The van der Waals surface area contributed by atoms with Crippen LogP contribution in [0.4, 0.5) is 0 Å². The molecule has 98 valence electrons. The predicted octanol–water partition coefficient (Wildman–Crippen LogP) is 3.97. The maximum absolute atomic E-state index is 3.95. The molecule has 17 heavy (non-hydrogen) atoms. The van der Waals surface area contributed by atoms with Crippen LogP contribution in [0.3, 0.4) is 0 Å². The molecule has 0 saturated heterocycles. The first-order valence-electron chi connectivity index (χ1n) is 7.57. The van der Waals surface area contributed by atoms with E-state index in [-0.39, 0.29) is 0 Å². The number of rotatable bonds is 4. The fraction of sp³-hybridized carbons (Fsp3) is 1.00. The molecule has 3 saturated carbocycles. The SMILES string of the molecule is CSC1(CNC2CCC23CCCCC3)CCC1. The van der Waals surface area contributed by atoms with Gasteiger partial charge in [-0.25, -0.2) is 0 Å². The number of thioether (sulfide) groups is 1. The zero-order valence-electron chi connectivity index (χ0n) is 11.3. The summed E-state index contributed by atoms with van der Waals surface area (Å²) >= 11 is 2.11. The van der Waals surface area contributed by atoms with Gasteiger partial charge in [-0.1, -0.05) is 25.7 Å². The molecule has 0 aliphatic heterocycles. The van der Waals surface area contributed by atoms with Crippen LogP contribution in [0.1, 0.15) is 64.2 Å². The molecule has 1 spiro atoms. The molecule has 1 unspecified atom stereocenters. The molecule has 1 atom stereocenters. The van der Waals surface area contributed by atoms with Gasteiger partial charge in [0, 0.05) is 17.3 Å². The first-order valence-corrected chi connectivity index (χ1v) is 8.80. The highest BCUT2D eigenvalue weighted by atomic mass is 32.2. The van der Waals surface area contributed by atoms with Gasteiger partial charge in [0.2, 0.25) is 0 Å². The quantitative estimate of drug-likeness (QED) is 0.813. The van der Waals surface area contributed by atoms with Crippen LogP contribution in [0, 0.1) is 5.41 Å². The Morgan fingerprint density at radius 2 is 1.76 bits per heavy atom. The van der Waals surface area contributed by atoms with Gasteiger partial charge in [0.25, 0.3) is 0 Å². The van der Waals surface area contributed by atoms with Crippen LogP contribution in [-0.2, 0) is 0 Å². The van der Waals surface area contributed by atoms with Gasteiger partial charge in [-0.05, 0) is 50.2 Å². The summed E-state index contributed by atoms with van der Waals surface area (Å²) in [6.45, 7) is 1.28. The lowest BCUT2D eigenvalue weighted by molar-refractivity contribution is 0.0204. The van der Waals surface area contributed by atoms with E-state index >= 15 is 0 Å². The van der Waals surface area contributed by atoms with E-state index in [1.54, 1.807) is 0 Å². The average molecular weight is 253 g/mol. The summed E-state index contributed by atoms with van der Waals surface area (Å²) in [5.41, 5.74) is 0.738. The minimum atomic E-state index is 0.617. The lowest BCUT2D eigenvalue weighted by Gasteiger charge is -2.54. The second-order valence-corrected chi connectivity index (χ2v) is 7.91. The fourth-order valence-corrected chi connectivity index (χ4v) is 5.13. The topological polar surface area (TPSA) is 12.0 Å². The summed E-state index contributed by atoms with van der Waals surface area (Å²) in [6.07, 6.45) is 17.1. The Labute approximate surface area is 111 Å². The third-order valence-corrected chi connectivity index (χ3v) is 7.31. The molecule has 3 fully saturated rings. The monoisotopic (exact) mass is 253 g/mol. The maximum Gasteiger partial charge on any atom is 0.0281 e. The number of nitrogens with one attached hydrogen (secondary N) is 1. The lowest BCUT2D eigenvalue weighted by Crippen LogP contribution is -2.57. The van der Waals surface area contributed by atoms with Crippen molar-refractivity contribution in [1.82, 2.24) is 5.32 Å². The molecule has 3 rings (SSSR count). The molecule has 3 aliphatic carbocycles. The van der Waals surface area contributed by atoms with E-state index in [1.165, 1.54) is 70.8 Å². The standard InChI is InChI=1S/C15H27NS/c1-17-15(9-5-10-15)12-16-13-6-11-14(13)7-3-2-4-8-14/h13,16H,2-12H2,1H3. The van der Waals surface area contributed by atoms with Gasteiger partial charge in [0.15, 0.2) is 0 Å². The summed E-state index contributed by atoms with van der Waals surface area (Å²) in [4.78, 5) is 0. The zero-order valence-corrected chi connectivity index (χ0v) is 12.1. The highest BCUT2D eigenvalue weighted by Gasteiger charge is 2.47. The van der Waals surface area contributed by atoms with Gasteiger partial charge in [-0.2, -0.15) is 11.8 Å². The van der Waals surface area contributed by atoms with Crippen LogP contribution in [0.15, 0.2) is 0 Å². The number of hydrogen-bond acceptors (Lipinski definition) is 2. The van der Waals surface area contributed by atoms with E-state index < -0.39 is 0 Å². The molecular weight excluding hydrogens is 226 g/mol. The Morgan fingerprint density at radius 3 is 2.24 bits per heavy atom. The van der Waals surface area contributed by atoms with Crippen LogP contribution >= 0.6 is 11.8 Å². The highest BCUT2D eigenvalue weighted by molar-refractivity contribution is 8.00. The summed E-state index contributed by atoms with van der Waals surface area (Å²) in [7, 11) is 0. The van der Waals surface area contributed by atoms with Gasteiger partial charge >= 0.3 is 0 Å². The van der Waals surface area contributed by atoms with Crippen molar-refractivity contribution in [3.63, 3.8) is 0 Å². The highest BCUT2D eigenvalue weighted by Crippen LogP contribution is 2.52. The van der Waals surface area contributed by atoms with Gasteiger partial charge < -0.3 is 5.32 Å². The van der Waals surface area contributed by atoms with Crippen molar-refractivity contribution < 1.29 is 0 Å². The smallest absolute Gasteiger partial charge is 0.0281 e. The molecule has 0 aromatic carbocycles. The van der Waals surface area contributed by atoms with Gasteiger partial charge in [-0.15, -0.1) is 0 Å². The molecule has 0 radical (unpaired) electrons. The van der Waals surface area contributed by atoms with Crippen molar-refractivity contribution in [3.8, 4) is 0 Å². The summed E-state index contributed by atoms with van der Waals surface area (Å²) in [6, 6.07) is 0.868. The molecule has 2 heteroatoms.